The van der Waals surface area contributed by atoms with E-state index >= 15 is 0 Å². The van der Waals surface area contributed by atoms with E-state index in [1.807, 2.05) is 0 Å². The van der Waals surface area contributed by atoms with E-state index in [2.05, 4.69) is 4.72 Å². The first-order chi connectivity index (χ1) is 15.7. The van der Waals surface area contributed by atoms with E-state index in [0.717, 1.165) is 37.7 Å². The Labute approximate surface area is 202 Å². The number of sulfonamides is 1. The molecular formula is C25H32N2O5S2. The topological polar surface area (TPSA) is 101 Å². The fraction of sp³-hybridized carbons (Fsp3) is 0.480. The third kappa shape index (κ3) is 4.78. The van der Waals surface area contributed by atoms with Crippen molar-refractivity contribution in [2.45, 2.75) is 73.6 Å². The maximum atomic E-state index is 13.7. The molecule has 1 N–H and O–H groups in total. The summed E-state index contributed by atoms with van der Waals surface area (Å²) < 4.78 is 52.7. The summed E-state index contributed by atoms with van der Waals surface area (Å²) in [7, 11) is -7.18. The average molecular weight is 505 g/mol. The Morgan fingerprint density at radius 2 is 1.62 bits per heavy atom. The number of amides is 1. The first-order valence-electron chi connectivity index (χ1n) is 11.5. The number of sulfone groups is 1. The Kier molecular flexibility index (Phi) is 6.19. The van der Waals surface area contributed by atoms with Crippen LogP contribution in [0.15, 0.2) is 52.3 Å². The minimum Gasteiger partial charge on any atom is -0.307 e. The number of anilines is 1. The van der Waals surface area contributed by atoms with Crippen LogP contribution in [0.25, 0.3) is 0 Å². The largest absolute Gasteiger partial charge is 0.307 e. The molecular weight excluding hydrogens is 472 g/mol. The molecule has 1 fully saturated rings. The van der Waals surface area contributed by atoms with Gasteiger partial charge in [0.25, 0.3) is 5.91 Å². The van der Waals surface area contributed by atoms with E-state index < -0.39 is 25.4 Å². The molecule has 1 aliphatic heterocycles. The lowest BCUT2D eigenvalue weighted by molar-refractivity contribution is 0.0982. The molecule has 0 radical (unpaired) electrons. The third-order valence-electron chi connectivity index (χ3n) is 6.61. The molecule has 0 bridgehead atoms. The Morgan fingerprint density at radius 1 is 0.941 bits per heavy atom. The van der Waals surface area contributed by atoms with Crippen LogP contribution >= 0.6 is 0 Å². The Morgan fingerprint density at radius 3 is 2.24 bits per heavy atom. The number of rotatable bonds is 4. The molecule has 1 amide bonds. The molecule has 0 unspecified atom stereocenters. The van der Waals surface area contributed by atoms with Gasteiger partial charge in [0.05, 0.1) is 9.79 Å². The Bertz CT molecular complexity index is 1340. The molecule has 34 heavy (non-hydrogen) atoms. The van der Waals surface area contributed by atoms with Crippen LogP contribution in [0.2, 0.25) is 0 Å². The van der Waals surface area contributed by atoms with Gasteiger partial charge in [0.15, 0.2) is 9.84 Å². The van der Waals surface area contributed by atoms with Gasteiger partial charge < -0.3 is 4.90 Å². The zero-order valence-electron chi connectivity index (χ0n) is 20.1. The standard InChI is InChI=1S/C25H32N2O5S2/c1-24(2,3)26-34(31,32)20-10-8-9-18(15-20)23(28)27-17-25(13-6-5-7-14-25)21-16-19(33(4,29)30)11-12-22(21)27/h8-12,15-16,26H,5-7,13-14,17H2,1-4H3. The first kappa shape index (κ1) is 24.9. The molecule has 2 aromatic rings. The number of carbonyl (C=O) groups excluding carboxylic acids is 1. The summed E-state index contributed by atoms with van der Waals surface area (Å²) in [6, 6.07) is 11.1. The smallest absolute Gasteiger partial charge is 0.258 e. The van der Waals surface area contributed by atoms with E-state index in [1.54, 1.807) is 56.0 Å². The highest BCUT2D eigenvalue weighted by molar-refractivity contribution is 7.90. The van der Waals surface area contributed by atoms with Gasteiger partial charge in [-0.3, -0.25) is 4.79 Å². The quantitative estimate of drug-likeness (QED) is 0.678. The molecule has 1 saturated carbocycles. The molecule has 7 nitrogen and oxygen atoms in total. The molecule has 0 saturated heterocycles. The van der Waals surface area contributed by atoms with Crippen LogP contribution in [0, 0.1) is 0 Å². The number of carbonyl (C=O) groups is 1. The van der Waals surface area contributed by atoms with E-state index in [4.69, 9.17) is 0 Å². The molecule has 2 aromatic carbocycles. The number of hydrogen-bond donors (Lipinski definition) is 1. The fourth-order valence-electron chi connectivity index (χ4n) is 5.13. The third-order valence-corrected chi connectivity index (χ3v) is 9.47. The van der Waals surface area contributed by atoms with Crippen molar-refractivity contribution in [2.75, 3.05) is 17.7 Å². The SMILES string of the molecule is CC(C)(C)NS(=O)(=O)c1cccc(C(=O)N2CC3(CCCCC3)c3cc(S(C)(=O)=O)ccc32)c1. The second-order valence-electron chi connectivity index (χ2n) is 10.6. The Hall–Kier alpha value is -2.23. The summed E-state index contributed by atoms with van der Waals surface area (Å²) in [6.07, 6.45) is 6.14. The monoisotopic (exact) mass is 504 g/mol. The minimum atomic E-state index is -3.79. The number of hydrogen-bond acceptors (Lipinski definition) is 5. The highest BCUT2D eigenvalue weighted by Gasteiger charge is 2.45. The summed E-state index contributed by atoms with van der Waals surface area (Å²) in [5, 5.41) is 0. The van der Waals surface area contributed by atoms with Crippen molar-refractivity contribution in [1.82, 2.24) is 4.72 Å². The fourth-order valence-corrected chi connectivity index (χ4v) is 7.24. The summed E-state index contributed by atoms with van der Waals surface area (Å²) in [4.78, 5) is 15.7. The van der Waals surface area contributed by atoms with Crippen LogP contribution in [0.4, 0.5) is 5.69 Å². The number of nitrogens with zero attached hydrogens (tertiary/aromatic N) is 1. The van der Waals surface area contributed by atoms with Gasteiger partial charge in [0.2, 0.25) is 10.0 Å². The molecule has 9 heteroatoms. The molecule has 0 aromatic heterocycles. The maximum absolute atomic E-state index is 13.7. The normalized spacial score (nSPS) is 18.2. The zero-order chi connectivity index (χ0) is 24.9. The summed E-state index contributed by atoms with van der Waals surface area (Å²) in [6.45, 7) is 5.74. The molecule has 184 valence electrons. The minimum absolute atomic E-state index is 0.0347. The molecule has 2 aliphatic rings. The zero-order valence-corrected chi connectivity index (χ0v) is 21.7. The van der Waals surface area contributed by atoms with Gasteiger partial charge in [-0.25, -0.2) is 21.6 Å². The lowest BCUT2D eigenvalue weighted by atomic mass is 9.71. The van der Waals surface area contributed by atoms with Gasteiger partial charge in [0.1, 0.15) is 0 Å². The van der Waals surface area contributed by atoms with E-state index in [1.165, 1.54) is 18.4 Å². The Balaban J connectivity index is 1.75. The van der Waals surface area contributed by atoms with Gasteiger partial charge in [-0.05, 0) is 75.6 Å². The molecule has 1 spiro atoms. The highest BCUT2D eigenvalue weighted by atomic mass is 32.2. The summed E-state index contributed by atoms with van der Waals surface area (Å²) >= 11 is 0. The first-order valence-corrected chi connectivity index (χ1v) is 14.9. The molecule has 4 rings (SSSR count). The van der Waals surface area contributed by atoms with Crippen molar-refractivity contribution >= 4 is 31.5 Å². The van der Waals surface area contributed by atoms with Crippen molar-refractivity contribution in [1.29, 1.82) is 0 Å². The van der Waals surface area contributed by atoms with Crippen LogP contribution in [0.5, 0.6) is 0 Å². The predicted molar refractivity (Wildman–Crippen MR) is 133 cm³/mol. The summed E-state index contributed by atoms with van der Waals surface area (Å²) in [5.74, 6) is -0.288. The lowest BCUT2D eigenvalue weighted by Crippen LogP contribution is -2.40. The number of nitrogens with one attached hydrogen (secondary N) is 1. The number of fused-ring (bicyclic) bond motifs is 2. The van der Waals surface area contributed by atoms with Gasteiger partial charge in [0, 0.05) is 35.0 Å². The van der Waals surface area contributed by atoms with Crippen LogP contribution < -0.4 is 9.62 Å². The molecule has 0 atom stereocenters. The number of benzene rings is 2. The van der Waals surface area contributed by atoms with Gasteiger partial charge in [-0.2, -0.15) is 0 Å². The van der Waals surface area contributed by atoms with Crippen LogP contribution in [0.3, 0.4) is 0 Å². The predicted octanol–water partition coefficient (Wildman–Crippen LogP) is 4.03. The van der Waals surface area contributed by atoms with E-state index in [-0.39, 0.29) is 26.7 Å². The van der Waals surface area contributed by atoms with Crippen molar-refractivity contribution < 1.29 is 21.6 Å². The second kappa shape index (κ2) is 8.46. The van der Waals surface area contributed by atoms with Crippen LogP contribution in [0.1, 0.15) is 68.8 Å². The lowest BCUT2D eigenvalue weighted by Gasteiger charge is -2.34. The van der Waals surface area contributed by atoms with Crippen molar-refractivity contribution in [2.24, 2.45) is 0 Å². The molecule has 1 heterocycles. The van der Waals surface area contributed by atoms with Gasteiger partial charge in [-0.15, -0.1) is 0 Å². The summed E-state index contributed by atoms with van der Waals surface area (Å²) in [5.41, 5.74) is 0.962. The second-order valence-corrected chi connectivity index (χ2v) is 14.3. The van der Waals surface area contributed by atoms with Gasteiger partial charge >= 0.3 is 0 Å². The van der Waals surface area contributed by atoms with E-state index in [0.29, 0.717) is 12.2 Å². The van der Waals surface area contributed by atoms with Crippen LogP contribution in [-0.4, -0.2) is 41.1 Å². The van der Waals surface area contributed by atoms with E-state index in [9.17, 15) is 21.6 Å². The maximum Gasteiger partial charge on any atom is 0.258 e. The molecule has 1 aliphatic carbocycles. The highest BCUT2D eigenvalue weighted by Crippen LogP contribution is 2.50. The van der Waals surface area contributed by atoms with Crippen molar-refractivity contribution in [3.63, 3.8) is 0 Å². The van der Waals surface area contributed by atoms with Gasteiger partial charge in [-0.1, -0.05) is 25.3 Å². The van der Waals surface area contributed by atoms with Crippen LogP contribution in [-0.2, 0) is 25.3 Å². The average Bonchev–Trinajstić information content (AvgIpc) is 3.05. The van der Waals surface area contributed by atoms with Crippen molar-refractivity contribution in [3.05, 3.63) is 53.6 Å². The van der Waals surface area contributed by atoms with Crippen molar-refractivity contribution in [3.8, 4) is 0 Å².